The van der Waals surface area contributed by atoms with Crippen LogP contribution in [-0.4, -0.2) is 10.9 Å². The second kappa shape index (κ2) is 9.09. The molecule has 30 heavy (non-hydrogen) atoms. The number of hydrogen-bond acceptors (Lipinski definition) is 3. The van der Waals surface area contributed by atoms with Gasteiger partial charge in [0.25, 0.3) is 0 Å². The molecule has 4 heteroatoms. The number of aromatic nitrogens is 1. The minimum atomic E-state index is 0.0239. The van der Waals surface area contributed by atoms with E-state index in [-0.39, 0.29) is 11.8 Å². The molecule has 1 aromatic heterocycles. The van der Waals surface area contributed by atoms with Crippen molar-refractivity contribution in [3.05, 3.63) is 71.9 Å². The maximum Gasteiger partial charge on any atom is 0.227 e. The van der Waals surface area contributed by atoms with Crippen LogP contribution >= 0.6 is 0 Å². The van der Waals surface area contributed by atoms with Crippen LogP contribution in [0.25, 0.3) is 10.9 Å². The summed E-state index contributed by atoms with van der Waals surface area (Å²) in [5, 5.41) is 13.2. The lowest BCUT2D eigenvalue weighted by molar-refractivity contribution is -0.122. The van der Waals surface area contributed by atoms with Crippen LogP contribution in [0.1, 0.15) is 56.1 Å². The standard InChI is InChI=1S/C26H27N3O/c1-2-22(26(30)29-21-13-7-18(17-27)8-14-21)19-9-11-20(12-10-19)23-15-16-28-25-6-4-3-5-24(23)25/h3-8,13-16,19-20,22H,2,9-12H2,1H3,(H,29,30)/t19?,20?,22-/m1/s1. The number of amides is 1. The van der Waals surface area contributed by atoms with Crippen LogP contribution in [0.4, 0.5) is 5.69 Å². The number of anilines is 1. The molecule has 1 fully saturated rings. The Labute approximate surface area is 178 Å². The van der Waals surface area contributed by atoms with Gasteiger partial charge in [-0.25, -0.2) is 0 Å². The minimum Gasteiger partial charge on any atom is -0.326 e. The van der Waals surface area contributed by atoms with E-state index in [4.69, 9.17) is 5.26 Å². The number of carbonyl (C=O) groups is 1. The van der Waals surface area contributed by atoms with Gasteiger partial charge in [-0.3, -0.25) is 9.78 Å². The van der Waals surface area contributed by atoms with Crippen LogP contribution < -0.4 is 5.32 Å². The first-order chi connectivity index (χ1) is 14.7. The highest BCUT2D eigenvalue weighted by Crippen LogP contribution is 2.41. The Balaban J connectivity index is 1.41. The first-order valence-electron chi connectivity index (χ1n) is 10.8. The number of carbonyl (C=O) groups excluding carboxylic acids is 1. The molecule has 3 aromatic rings. The number of pyridine rings is 1. The fraction of sp³-hybridized carbons (Fsp3) is 0.346. The highest BCUT2D eigenvalue weighted by Gasteiger charge is 2.32. The van der Waals surface area contributed by atoms with E-state index in [1.165, 1.54) is 10.9 Å². The maximum absolute atomic E-state index is 12.9. The third-order valence-electron chi connectivity index (χ3n) is 6.52. The Morgan fingerprint density at radius 3 is 2.53 bits per heavy atom. The molecule has 1 saturated carbocycles. The molecule has 4 nitrogen and oxygen atoms in total. The summed E-state index contributed by atoms with van der Waals surface area (Å²) in [6.07, 6.45) is 7.12. The molecule has 4 rings (SSSR count). The van der Waals surface area contributed by atoms with Crippen molar-refractivity contribution in [1.29, 1.82) is 5.26 Å². The van der Waals surface area contributed by atoms with Gasteiger partial charge in [0.15, 0.2) is 0 Å². The number of nitriles is 1. The molecule has 0 radical (unpaired) electrons. The van der Waals surface area contributed by atoms with Gasteiger partial charge in [0.1, 0.15) is 0 Å². The molecule has 0 aliphatic heterocycles. The van der Waals surface area contributed by atoms with Crippen molar-refractivity contribution >= 4 is 22.5 Å². The third-order valence-corrected chi connectivity index (χ3v) is 6.52. The van der Waals surface area contributed by atoms with Crippen molar-refractivity contribution in [2.45, 2.75) is 44.9 Å². The van der Waals surface area contributed by atoms with Gasteiger partial charge in [-0.1, -0.05) is 25.1 Å². The van der Waals surface area contributed by atoms with Crippen LogP contribution in [0.2, 0.25) is 0 Å². The average Bonchev–Trinajstić information content (AvgIpc) is 2.80. The molecule has 1 aliphatic carbocycles. The Hall–Kier alpha value is -3.19. The van der Waals surface area contributed by atoms with Crippen LogP contribution in [0.15, 0.2) is 60.8 Å². The van der Waals surface area contributed by atoms with E-state index in [1.54, 1.807) is 24.3 Å². The number of hydrogen-bond donors (Lipinski definition) is 1. The van der Waals surface area contributed by atoms with Gasteiger partial charge < -0.3 is 5.32 Å². The van der Waals surface area contributed by atoms with Crippen molar-refractivity contribution < 1.29 is 4.79 Å². The summed E-state index contributed by atoms with van der Waals surface area (Å²) >= 11 is 0. The van der Waals surface area contributed by atoms with E-state index in [0.717, 1.165) is 43.3 Å². The maximum atomic E-state index is 12.9. The molecule has 0 bridgehead atoms. The summed E-state index contributed by atoms with van der Waals surface area (Å²) in [6, 6.07) is 19.7. The molecule has 0 unspecified atom stereocenters. The summed E-state index contributed by atoms with van der Waals surface area (Å²) in [6.45, 7) is 2.10. The van der Waals surface area contributed by atoms with Gasteiger partial charge in [0.05, 0.1) is 17.1 Å². The van der Waals surface area contributed by atoms with Gasteiger partial charge >= 0.3 is 0 Å². The lowest BCUT2D eigenvalue weighted by Gasteiger charge is -2.33. The SMILES string of the molecule is CC[C@@H](C(=O)Nc1ccc(C#N)cc1)C1CCC(c2ccnc3ccccc23)CC1. The molecule has 1 atom stereocenters. The molecular formula is C26H27N3O. The van der Waals surface area contributed by atoms with Crippen LogP contribution in [0.3, 0.4) is 0 Å². The second-order valence-electron chi connectivity index (χ2n) is 8.22. The first kappa shape index (κ1) is 20.1. The van der Waals surface area contributed by atoms with Crippen molar-refractivity contribution in [2.24, 2.45) is 11.8 Å². The predicted molar refractivity (Wildman–Crippen MR) is 120 cm³/mol. The van der Waals surface area contributed by atoms with Crippen molar-refractivity contribution in [3.8, 4) is 6.07 Å². The first-order valence-corrected chi connectivity index (χ1v) is 10.8. The molecule has 152 valence electrons. The van der Waals surface area contributed by atoms with Gasteiger partial charge in [0.2, 0.25) is 5.91 Å². The van der Waals surface area contributed by atoms with E-state index in [0.29, 0.717) is 17.4 Å². The van der Waals surface area contributed by atoms with Crippen molar-refractivity contribution in [1.82, 2.24) is 4.98 Å². The summed E-state index contributed by atoms with van der Waals surface area (Å²) in [4.78, 5) is 17.4. The van der Waals surface area contributed by atoms with E-state index in [9.17, 15) is 4.79 Å². The largest absolute Gasteiger partial charge is 0.326 e. The monoisotopic (exact) mass is 397 g/mol. The van der Waals surface area contributed by atoms with E-state index < -0.39 is 0 Å². The van der Waals surface area contributed by atoms with Crippen LogP contribution in [0.5, 0.6) is 0 Å². The number of rotatable bonds is 5. The molecule has 0 spiro atoms. The number of benzene rings is 2. The Bertz CT molecular complexity index is 1050. The molecule has 0 saturated heterocycles. The summed E-state index contributed by atoms with van der Waals surface area (Å²) in [7, 11) is 0. The smallest absolute Gasteiger partial charge is 0.227 e. The number of nitrogens with zero attached hydrogens (tertiary/aromatic N) is 2. The topological polar surface area (TPSA) is 65.8 Å². The zero-order valence-electron chi connectivity index (χ0n) is 17.3. The average molecular weight is 398 g/mol. The zero-order valence-corrected chi connectivity index (χ0v) is 17.3. The molecular weight excluding hydrogens is 370 g/mol. The second-order valence-corrected chi connectivity index (χ2v) is 8.22. The fourth-order valence-electron chi connectivity index (χ4n) is 4.90. The summed E-state index contributed by atoms with van der Waals surface area (Å²) in [5.41, 5.74) is 3.82. The molecule has 2 aromatic carbocycles. The Morgan fingerprint density at radius 1 is 1.10 bits per heavy atom. The van der Waals surface area contributed by atoms with E-state index in [2.05, 4.69) is 47.6 Å². The molecule has 1 heterocycles. The van der Waals surface area contributed by atoms with E-state index in [1.807, 2.05) is 12.3 Å². The summed E-state index contributed by atoms with van der Waals surface area (Å²) < 4.78 is 0. The number of nitrogens with one attached hydrogen (secondary N) is 1. The van der Waals surface area contributed by atoms with Gasteiger partial charge in [0, 0.05) is 23.2 Å². The van der Waals surface area contributed by atoms with Gasteiger partial charge in [-0.05, 0) is 85.9 Å². The predicted octanol–water partition coefficient (Wildman–Crippen LogP) is 6.05. The fourth-order valence-corrected chi connectivity index (χ4v) is 4.90. The van der Waals surface area contributed by atoms with Gasteiger partial charge in [-0.15, -0.1) is 0 Å². The van der Waals surface area contributed by atoms with Crippen molar-refractivity contribution in [2.75, 3.05) is 5.32 Å². The van der Waals surface area contributed by atoms with Crippen molar-refractivity contribution in [3.63, 3.8) is 0 Å². The quantitative estimate of drug-likeness (QED) is 0.570. The lowest BCUT2D eigenvalue weighted by Crippen LogP contribution is -2.31. The number of para-hydroxylation sites is 1. The van der Waals surface area contributed by atoms with Crippen LogP contribution in [-0.2, 0) is 4.79 Å². The third kappa shape index (κ3) is 4.21. The summed E-state index contributed by atoms with van der Waals surface area (Å²) in [5.74, 6) is 1.07. The molecule has 1 aliphatic rings. The zero-order chi connectivity index (χ0) is 20.9. The lowest BCUT2D eigenvalue weighted by atomic mass is 9.72. The number of fused-ring (bicyclic) bond motifs is 1. The molecule has 1 amide bonds. The normalized spacial score (nSPS) is 19.7. The van der Waals surface area contributed by atoms with Crippen LogP contribution in [0, 0.1) is 23.2 Å². The Morgan fingerprint density at radius 2 is 1.83 bits per heavy atom. The van der Waals surface area contributed by atoms with E-state index >= 15 is 0 Å². The minimum absolute atomic E-state index is 0.0239. The highest BCUT2D eigenvalue weighted by molar-refractivity contribution is 5.92. The van der Waals surface area contributed by atoms with Gasteiger partial charge in [-0.2, -0.15) is 5.26 Å². The molecule has 1 N–H and O–H groups in total. The Kier molecular flexibility index (Phi) is 6.09. The highest BCUT2D eigenvalue weighted by atomic mass is 16.1.